The number of anilines is 2. The Bertz CT molecular complexity index is 789. The third-order valence-corrected chi connectivity index (χ3v) is 4.22. The van der Waals surface area contributed by atoms with Gasteiger partial charge in [0.1, 0.15) is 0 Å². The van der Waals surface area contributed by atoms with Gasteiger partial charge in [-0.25, -0.2) is 8.42 Å². The first-order valence-corrected chi connectivity index (χ1v) is 8.27. The van der Waals surface area contributed by atoms with E-state index in [1.165, 1.54) is 6.07 Å². The molecule has 1 heterocycles. The number of hydrogen-bond acceptors (Lipinski definition) is 5. The maximum atomic E-state index is 11.9. The molecule has 0 spiro atoms. The SMILES string of the molecule is Cc1cc(Nc2cccnc2)c(S(C)(=O)=O)cc1C(=O)Cl. The van der Waals surface area contributed by atoms with E-state index >= 15 is 0 Å². The van der Waals surface area contributed by atoms with Crippen LogP contribution in [0.15, 0.2) is 41.6 Å². The van der Waals surface area contributed by atoms with Crippen LogP contribution in [0.2, 0.25) is 0 Å². The van der Waals surface area contributed by atoms with Crippen LogP contribution in [-0.2, 0) is 9.84 Å². The average molecular weight is 325 g/mol. The Balaban J connectivity index is 2.59. The molecule has 0 fully saturated rings. The standard InChI is InChI=1S/C14H13ClN2O3S/c1-9-6-12(17-10-4-3-5-16-8-10)13(21(2,19)20)7-11(9)14(15)18/h3-8,17H,1-2H3. The first-order valence-electron chi connectivity index (χ1n) is 6.00. The summed E-state index contributed by atoms with van der Waals surface area (Å²) in [5.41, 5.74) is 1.79. The predicted octanol–water partition coefficient (Wildman–Crippen LogP) is 2.92. The number of benzene rings is 1. The molecule has 0 atom stereocenters. The normalized spacial score (nSPS) is 11.2. The van der Waals surface area contributed by atoms with Crippen LogP contribution >= 0.6 is 11.6 Å². The minimum atomic E-state index is -3.52. The molecule has 21 heavy (non-hydrogen) atoms. The van der Waals surface area contributed by atoms with Gasteiger partial charge in [0.25, 0.3) is 5.24 Å². The van der Waals surface area contributed by atoms with Crippen molar-refractivity contribution in [2.45, 2.75) is 11.8 Å². The molecule has 110 valence electrons. The summed E-state index contributed by atoms with van der Waals surface area (Å²) in [4.78, 5) is 15.3. The van der Waals surface area contributed by atoms with Crippen LogP contribution in [0.4, 0.5) is 11.4 Å². The smallest absolute Gasteiger partial charge is 0.252 e. The van der Waals surface area contributed by atoms with Crippen molar-refractivity contribution in [3.05, 3.63) is 47.8 Å². The maximum Gasteiger partial charge on any atom is 0.252 e. The Labute approximate surface area is 127 Å². The molecule has 2 rings (SSSR count). The highest BCUT2D eigenvalue weighted by atomic mass is 35.5. The molecule has 0 saturated heterocycles. The van der Waals surface area contributed by atoms with Gasteiger partial charge in [0.2, 0.25) is 0 Å². The van der Waals surface area contributed by atoms with Gasteiger partial charge in [-0.15, -0.1) is 0 Å². The van der Waals surface area contributed by atoms with E-state index in [1.807, 2.05) is 0 Å². The Morgan fingerprint density at radius 3 is 2.57 bits per heavy atom. The molecule has 0 saturated carbocycles. The van der Waals surface area contributed by atoms with E-state index in [9.17, 15) is 13.2 Å². The molecule has 7 heteroatoms. The highest BCUT2D eigenvalue weighted by Gasteiger charge is 2.18. The molecule has 0 unspecified atom stereocenters. The lowest BCUT2D eigenvalue weighted by Gasteiger charge is -2.13. The molecule has 5 nitrogen and oxygen atoms in total. The minimum Gasteiger partial charge on any atom is -0.353 e. The first-order chi connectivity index (χ1) is 9.79. The summed E-state index contributed by atoms with van der Waals surface area (Å²) in [6, 6.07) is 6.36. The zero-order valence-electron chi connectivity index (χ0n) is 11.4. The van der Waals surface area contributed by atoms with Gasteiger partial charge in [-0.3, -0.25) is 9.78 Å². The number of aryl methyl sites for hydroxylation is 1. The molecule has 0 aliphatic rings. The first kappa shape index (κ1) is 15.5. The molecule has 0 amide bonds. The number of halogens is 1. The fraction of sp³-hybridized carbons (Fsp3) is 0.143. The van der Waals surface area contributed by atoms with Gasteiger partial charge in [0, 0.05) is 18.0 Å². The van der Waals surface area contributed by atoms with Crippen LogP contribution in [0.3, 0.4) is 0 Å². The predicted molar refractivity (Wildman–Crippen MR) is 82.0 cm³/mol. The summed E-state index contributed by atoms with van der Waals surface area (Å²) < 4.78 is 23.8. The number of sulfone groups is 1. The fourth-order valence-corrected chi connectivity index (χ4v) is 2.94. The highest BCUT2D eigenvalue weighted by molar-refractivity contribution is 7.90. The second kappa shape index (κ2) is 5.83. The molecular formula is C14H13ClN2O3S. The monoisotopic (exact) mass is 324 g/mol. The van der Waals surface area contributed by atoms with Gasteiger partial charge in [0.05, 0.1) is 22.5 Å². The van der Waals surface area contributed by atoms with Crippen molar-refractivity contribution in [1.29, 1.82) is 0 Å². The Morgan fingerprint density at radius 1 is 1.33 bits per heavy atom. The van der Waals surface area contributed by atoms with E-state index in [-0.39, 0.29) is 10.5 Å². The summed E-state index contributed by atoms with van der Waals surface area (Å²) >= 11 is 5.48. The van der Waals surface area contributed by atoms with Crippen LogP contribution in [0.1, 0.15) is 15.9 Å². The van der Waals surface area contributed by atoms with E-state index in [4.69, 9.17) is 11.6 Å². The van der Waals surface area contributed by atoms with E-state index in [0.29, 0.717) is 16.9 Å². The topological polar surface area (TPSA) is 76.1 Å². The number of aromatic nitrogens is 1. The molecule has 0 bridgehead atoms. The van der Waals surface area contributed by atoms with E-state index < -0.39 is 15.1 Å². The lowest BCUT2D eigenvalue weighted by atomic mass is 10.1. The number of pyridine rings is 1. The second-order valence-corrected chi connectivity index (χ2v) is 6.90. The third-order valence-electron chi connectivity index (χ3n) is 2.88. The summed E-state index contributed by atoms with van der Waals surface area (Å²) in [5.74, 6) is 0. The van der Waals surface area contributed by atoms with Gasteiger partial charge in [-0.05, 0) is 48.4 Å². The number of rotatable bonds is 4. The van der Waals surface area contributed by atoms with Crippen LogP contribution in [0, 0.1) is 6.92 Å². The summed E-state index contributed by atoms with van der Waals surface area (Å²) in [6.45, 7) is 1.69. The Hall–Kier alpha value is -1.92. The van der Waals surface area contributed by atoms with Crippen molar-refractivity contribution in [2.75, 3.05) is 11.6 Å². The second-order valence-electron chi connectivity index (χ2n) is 4.58. The summed E-state index contributed by atoms with van der Waals surface area (Å²) in [5, 5.41) is 2.30. The summed E-state index contributed by atoms with van der Waals surface area (Å²) in [7, 11) is -3.52. The van der Waals surface area contributed by atoms with Gasteiger partial charge < -0.3 is 5.32 Å². The van der Waals surface area contributed by atoms with E-state index in [2.05, 4.69) is 10.3 Å². The van der Waals surface area contributed by atoms with Crippen molar-refractivity contribution in [3.63, 3.8) is 0 Å². The van der Waals surface area contributed by atoms with Crippen LogP contribution in [-0.4, -0.2) is 24.9 Å². The van der Waals surface area contributed by atoms with Crippen LogP contribution in [0.5, 0.6) is 0 Å². The maximum absolute atomic E-state index is 11.9. The Kier molecular flexibility index (Phi) is 4.29. The lowest BCUT2D eigenvalue weighted by Crippen LogP contribution is -2.06. The molecule has 0 radical (unpaired) electrons. The fourth-order valence-electron chi connectivity index (χ4n) is 1.90. The van der Waals surface area contributed by atoms with Crippen molar-refractivity contribution >= 4 is 38.1 Å². The molecule has 0 aliphatic heterocycles. The van der Waals surface area contributed by atoms with Gasteiger partial charge in [-0.1, -0.05) is 0 Å². The average Bonchev–Trinajstić information content (AvgIpc) is 2.38. The number of nitrogens with one attached hydrogen (secondary N) is 1. The molecule has 0 aliphatic carbocycles. The van der Waals surface area contributed by atoms with Gasteiger partial charge in [-0.2, -0.15) is 0 Å². The molecule has 1 aromatic heterocycles. The molecule has 1 N–H and O–H groups in total. The quantitative estimate of drug-likeness (QED) is 0.875. The Morgan fingerprint density at radius 2 is 2.05 bits per heavy atom. The van der Waals surface area contributed by atoms with Gasteiger partial charge in [0.15, 0.2) is 9.84 Å². The van der Waals surface area contributed by atoms with Crippen LogP contribution in [0.25, 0.3) is 0 Å². The largest absolute Gasteiger partial charge is 0.353 e. The van der Waals surface area contributed by atoms with Crippen molar-refractivity contribution in [1.82, 2.24) is 4.98 Å². The van der Waals surface area contributed by atoms with E-state index in [0.717, 1.165) is 6.26 Å². The number of nitrogens with zero attached hydrogens (tertiary/aromatic N) is 1. The molecule has 2 aromatic rings. The van der Waals surface area contributed by atoms with Crippen molar-refractivity contribution < 1.29 is 13.2 Å². The summed E-state index contributed by atoms with van der Waals surface area (Å²) in [6.07, 6.45) is 4.26. The van der Waals surface area contributed by atoms with Crippen molar-refractivity contribution in [3.8, 4) is 0 Å². The molecule has 1 aromatic carbocycles. The van der Waals surface area contributed by atoms with Crippen molar-refractivity contribution in [2.24, 2.45) is 0 Å². The highest BCUT2D eigenvalue weighted by Crippen LogP contribution is 2.29. The minimum absolute atomic E-state index is 0.0148. The zero-order chi connectivity index (χ0) is 15.6. The van der Waals surface area contributed by atoms with Gasteiger partial charge >= 0.3 is 0 Å². The number of carbonyl (C=O) groups excluding carboxylic acids is 1. The third kappa shape index (κ3) is 3.59. The zero-order valence-corrected chi connectivity index (χ0v) is 13.0. The lowest BCUT2D eigenvalue weighted by molar-refractivity contribution is 0.108. The number of carbonyl (C=O) groups is 1. The molecular weight excluding hydrogens is 312 g/mol. The number of hydrogen-bond donors (Lipinski definition) is 1. The van der Waals surface area contributed by atoms with E-state index in [1.54, 1.807) is 37.5 Å². The van der Waals surface area contributed by atoms with Crippen LogP contribution < -0.4 is 5.32 Å².